The summed E-state index contributed by atoms with van der Waals surface area (Å²) in [6.45, 7) is 1.82. The first-order chi connectivity index (χ1) is 6.52. The molecule has 0 amide bonds. The summed E-state index contributed by atoms with van der Waals surface area (Å²) in [7, 11) is 0. The Balaban J connectivity index is 4.19. The highest BCUT2D eigenvalue weighted by molar-refractivity contribution is 5.00. The molecule has 14 heavy (non-hydrogen) atoms. The quantitative estimate of drug-likeness (QED) is 0.537. The van der Waals surface area contributed by atoms with Gasteiger partial charge in [0.2, 0.25) is 0 Å². The molecule has 0 aromatic rings. The molecular weight excluding hydrogens is 191 g/mol. The maximum atomic E-state index is 12.3. The summed E-state index contributed by atoms with van der Waals surface area (Å²) < 4.78 is 36.9. The van der Waals surface area contributed by atoms with E-state index in [1.54, 1.807) is 0 Å². The molecule has 0 aromatic carbocycles. The molecule has 0 fully saturated rings. The van der Waals surface area contributed by atoms with Crippen molar-refractivity contribution in [3.63, 3.8) is 0 Å². The number of terminal acetylenes is 1. The first-order valence-electron chi connectivity index (χ1n) is 4.42. The van der Waals surface area contributed by atoms with Crippen LogP contribution in [0, 0.1) is 12.3 Å². The van der Waals surface area contributed by atoms with Crippen molar-refractivity contribution in [1.29, 1.82) is 0 Å². The van der Waals surface area contributed by atoms with Gasteiger partial charge in [0, 0.05) is 0 Å². The molecule has 0 saturated carbocycles. The van der Waals surface area contributed by atoms with Gasteiger partial charge in [-0.25, -0.2) is 0 Å². The molecule has 0 rings (SSSR count). The van der Waals surface area contributed by atoms with E-state index in [2.05, 4.69) is 11.2 Å². The van der Waals surface area contributed by atoms with Gasteiger partial charge in [0.1, 0.15) is 6.04 Å². The van der Waals surface area contributed by atoms with Gasteiger partial charge in [-0.15, -0.1) is 6.42 Å². The molecule has 4 heteroatoms. The summed E-state index contributed by atoms with van der Waals surface area (Å²) in [5.74, 6) is 2.12. The number of hydrogen-bond donors (Lipinski definition) is 1. The maximum Gasteiger partial charge on any atom is 0.407 e. The van der Waals surface area contributed by atoms with Crippen molar-refractivity contribution in [2.24, 2.45) is 0 Å². The van der Waals surface area contributed by atoms with E-state index in [9.17, 15) is 13.2 Å². The largest absolute Gasteiger partial charge is 0.407 e. The second-order valence-electron chi connectivity index (χ2n) is 2.82. The Kier molecular flexibility index (Phi) is 6.06. The smallest absolute Gasteiger partial charge is 0.292 e. The van der Waals surface area contributed by atoms with Crippen molar-refractivity contribution < 1.29 is 13.2 Å². The van der Waals surface area contributed by atoms with Crippen LogP contribution in [-0.4, -0.2) is 18.8 Å². The molecule has 0 aliphatic rings. The van der Waals surface area contributed by atoms with Crippen LogP contribution in [0.3, 0.4) is 0 Å². The van der Waals surface area contributed by atoms with Gasteiger partial charge in [-0.2, -0.15) is 13.2 Å². The maximum absolute atomic E-state index is 12.3. The number of allylic oxidation sites excluding steroid dienone is 1. The zero-order valence-electron chi connectivity index (χ0n) is 8.06. The van der Waals surface area contributed by atoms with Crippen molar-refractivity contribution >= 4 is 0 Å². The van der Waals surface area contributed by atoms with Crippen LogP contribution in [0.25, 0.3) is 0 Å². The number of halogens is 3. The van der Waals surface area contributed by atoms with Crippen LogP contribution in [0.15, 0.2) is 12.2 Å². The number of unbranched alkanes of at least 4 members (excludes halogenated alkanes) is 1. The van der Waals surface area contributed by atoms with Crippen LogP contribution in [-0.2, 0) is 0 Å². The van der Waals surface area contributed by atoms with E-state index in [4.69, 9.17) is 6.42 Å². The van der Waals surface area contributed by atoms with Crippen LogP contribution >= 0.6 is 0 Å². The van der Waals surface area contributed by atoms with E-state index in [1.165, 1.54) is 6.08 Å². The van der Waals surface area contributed by atoms with Gasteiger partial charge in [-0.1, -0.05) is 31.4 Å². The van der Waals surface area contributed by atoms with Crippen LogP contribution in [0.1, 0.15) is 19.8 Å². The van der Waals surface area contributed by atoms with E-state index >= 15 is 0 Å². The molecule has 0 spiro atoms. The molecular formula is C10H14F3N. The van der Waals surface area contributed by atoms with E-state index in [1.807, 2.05) is 6.92 Å². The summed E-state index contributed by atoms with van der Waals surface area (Å²) in [5, 5.41) is 2.22. The van der Waals surface area contributed by atoms with E-state index in [-0.39, 0.29) is 6.54 Å². The molecule has 0 bridgehead atoms. The molecule has 1 unspecified atom stereocenters. The molecule has 0 aromatic heterocycles. The fourth-order valence-corrected chi connectivity index (χ4v) is 0.861. The lowest BCUT2D eigenvalue weighted by Crippen LogP contribution is -2.40. The van der Waals surface area contributed by atoms with Gasteiger partial charge >= 0.3 is 6.18 Å². The minimum Gasteiger partial charge on any atom is -0.292 e. The van der Waals surface area contributed by atoms with Gasteiger partial charge < -0.3 is 0 Å². The van der Waals surface area contributed by atoms with Crippen molar-refractivity contribution in [3.05, 3.63) is 12.2 Å². The minimum atomic E-state index is -4.28. The number of rotatable bonds is 5. The van der Waals surface area contributed by atoms with Gasteiger partial charge in [-0.3, -0.25) is 5.32 Å². The van der Waals surface area contributed by atoms with Gasteiger partial charge in [0.15, 0.2) is 0 Å². The third-order valence-electron chi connectivity index (χ3n) is 1.56. The van der Waals surface area contributed by atoms with Crippen molar-refractivity contribution in [2.45, 2.75) is 32.0 Å². The average molecular weight is 205 g/mol. The molecule has 0 radical (unpaired) electrons. The molecule has 1 N–H and O–H groups in total. The van der Waals surface area contributed by atoms with Crippen LogP contribution < -0.4 is 5.32 Å². The molecule has 0 saturated heterocycles. The van der Waals surface area contributed by atoms with Gasteiger partial charge in [0.25, 0.3) is 0 Å². The van der Waals surface area contributed by atoms with E-state index < -0.39 is 12.2 Å². The Labute approximate surface area is 82.4 Å². The fraction of sp³-hybridized carbons (Fsp3) is 0.600. The highest BCUT2D eigenvalue weighted by Crippen LogP contribution is 2.21. The Bertz CT molecular complexity index is 212. The number of alkyl halides is 3. The number of hydrogen-bond acceptors (Lipinski definition) is 1. The van der Waals surface area contributed by atoms with Crippen LogP contribution in [0.2, 0.25) is 0 Å². The normalized spacial score (nSPS) is 14.2. The SMILES string of the molecule is C#CCNC(/C=C\CCC)C(F)(F)F. The summed E-state index contributed by atoms with van der Waals surface area (Å²) >= 11 is 0. The average Bonchev–Trinajstić information content (AvgIpc) is 2.09. The van der Waals surface area contributed by atoms with E-state index in [0.29, 0.717) is 6.42 Å². The predicted octanol–water partition coefficient (Wildman–Crippen LogP) is 2.50. The summed E-state index contributed by atoms with van der Waals surface area (Å²) in [6, 6.07) is -1.63. The molecule has 0 aliphatic carbocycles. The standard InChI is InChI=1S/C10H14F3N/c1-3-5-6-7-9(10(11,12)13)14-8-4-2/h2,6-7,9,14H,3,5,8H2,1H3/b7-6-. The zero-order valence-corrected chi connectivity index (χ0v) is 8.06. The van der Waals surface area contributed by atoms with Gasteiger partial charge in [-0.05, 0) is 6.42 Å². The molecule has 1 nitrogen and oxygen atoms in total. The van der Waals surface area contributed by atoms with Crippen LogP contribution in [0.5, 0.6) is 0 Å². The van der Waals surface area contributed by atoms with E-state index in [0.717, 1.165) is 12.5 Å². The highest BCUT2D eigenvalue weighted by Gasteiger charge is 2.36. The molecule has 0 heterocycles. The topological polar surface area (TPSA) is 12.0 Å². The fourth-order valence-electron chi connectivity index (χ4n) is 0.861. The zero-order chi connectivity index (χ0) is 11.0. The summed E-state index contributed by atoms with van der Waals surface area (Å²) in [5.41, 5.74) is 0. The second kappa shape index (κ2) is 6.50. The Morgan fingerprint density at radius 3 is 2.57 bits per heavy atom. The third kappa shape index (κ3) is 5.65. The Hall–Kier alpha value is -0.950. The monoisotopic (exact) mass is 205 g/mol. The minimum absolute atomic E-state index is 0.0827. The highest BCUT2D eigenvalue weighted by atomic mass is 19.4. The summed E-state index contributed by atoms with van der Waals surface area (Å²) in [6.07, 6.45) is 4.69. The first kappa shape index (κ1) is 13.1. The lowest BCUT2D eigenvalue weighted by Gasteiger charge is -2.16. The van der Waals surface area contributed by atoms with Crippen molar-refractivity contribution in [3.8, 4) is 12.3 Å². The molecule has 80 valence electrons. The first-order valence-corrected chi connectivity index (χ1v) is 4.42. The Morgan fingerprint density at radius 1 is 1.50 bits per heavy atom. The Morgan fingerprint density at radius 2 is 2.14 bits per heavy atom. The van der Waals surface area contributed by atoms with Crippen molar-refractivity contribution in [2.75, 3.05) is 6.54 Å². The van der Waals surface area contributed by atoms with Crippen molar-refractivity contribution in [1.82, 2.24) is 5.32 Å². The molecule has 1 atom stereocenters. The van der Waals surface area contributed by atoms with Gasteiger partial charge in [0.05, 0.1) is 6.54 Å². The lowest BCUT2D eigenvalue weighted by atomic mass is 10.2. The summed E-state index contributed by atoms with van der Waals surface area (Å²) in [4.78, 5) is 0. The predicted molar refractivity (Wildman–Crippen MR) is 50.7 cm³/mol. The molecule has 0 aliphatic heterocycles. The van der Waals surface area contributed by atoms with Crippen LogP contribution in [0.4, 0.5) is 13.2 Å². The number of nitrogens with one attached hydrogen (secondary N) is 1. The second-order valence-corrected chi connectivity index (χ2v) is 2.82. The lowest BCUT2D eigenvalue weighted by molar-refractivity contribution is -0.143. The third-order valence-corrected chi connectivity index (χ3v) is 1.56.